The van der Waals surface area contributed by atoms with Crippen molar-refractivity contribution >= 4 is 22.4 Å². The van der Waals surface area contributed by atoms with Crippen molar-refractivity contribution in [1.29, 1.82) is 0 Å². The normalized spacial score (nSPS) is 17.4. The van der Waals surface area contributed by atoms with E-state index in [0.29, 0.717) is 24.5 Å². The number of aromatic nitrogens is 4. The highest BCUT2D eigenvalue weighted by Gasteiger charge is 2.32. The number of nitrogens with one attached hydrogen (secondary N) is 1. The number of carboxylic acids is 1. The molecule has 1 aliphatic carbocycles. The first-order valence-corrected chi connectivity index (χ1v) is 6.76. The number of aryl methyl sites for hydroxylation is 2. The molecule has 0 fully saturated rings. The van der Waals surface area contributed by atoms with Gasteiger partial charge in [0.15, 0.2) is 11.0 Å². The summed E-state index contributed by atoms with van der Waals surface area (Å²) in [5.74, 6) is -0.551. The summed E-state index contributed by atoms with van der Waals surface area (Å²) in [5, 5.41) is 17.1. The van der Waals surface area contributed by atoms with Gasteiger partial charge in [0.2, 0.25) is 0 Å². The van der Waals surface area contributed by atoms with Crippen LogP contribution in [-0.2, 0) is 24.8 Å². The van der Waals surface area contributed by atoms with Crippen LogP contribution in [0.25, 0.3) is 0 Å². The third-order valence-corrected chi connectivity index (χ3v) is 4.15. The van der Waals surface area contributed by atoms with E-state index in [0.717, 1.165) is 16.4 Å². The number of carbonyl (C=O) groups is 1. The second-order valence-electron chi connectivity index (χ2n) is 4.44. The highest BCUT2D eigenvalue weighted by molar-refractivity contribution is 7.15. The van der Waals surface area contributed by atoms with Crippen LogP contribution >= 0.6 is 11.3 Å². The van der Waals surface area contributed by atoms with Gasteiger partial charge >= 0.3 is 5.97 Å². The number of thiazole rings is 1. The molecule has 0 saturated carbocycles. The quantitative estimate of drug-likeness (QED) is 0.867. The molecule has 2 aromatic rings. The smallest absolute Gasteiger partial charge is 0.312 e. The summed E-state index contributed by atoms with van der Waals surface area (Å²) < 4.78 is 1.64. The lowest BCUT2D eigenvalue weighted by Gasteiger charge is -2.02. The molecule has 7 nitrogen and oxygen atoms in total. The van der Waals surface area contributed by atoms with Crippen molar-refractivity contribution in [3.05, 3.63) is 22.7 Å². The molecule has 0 radical (unpaired) electrons. The maximum Gasteiger partial charge on any atom is 0.312 e. The molecule has 2 heterocycles. The van der Waals surface area contributed by atoms with Crippen LogP contribution in [0.5, 0.6) is 0 Å². The van der Waals surface area contributed by atoms with E-state index >= 15 is 0 Å². The summed E-state index contributed by atoms with van der Waals surface area (Å²) in [6.07, 6.45) is 3.10. The van der Waals surface area contributed by atoms with Crippen LogP contribution in [0.2, 0.25) is 0 Å². The van der Waals surface area contributed by atoms with Gasteiger partial charge in [-0.25, -0.2) is 9.97 Å². The van der Waals surface area contributed by atoms with Gasteiger partial charge in [0.25, 0.3) is 0 Å². The predicted octanol–water partition coefficient (Wildman–Crippen LogP) is 0.998. The number of anilines is 1. The van der Waals surface area contributed by atoms with Crippen molar-refractivity contribution in [2.45, 2.75) is 25.3 Å². The van der Waals surface area contributed by atoms with Crippen molar-refractivity contribution < 1.29 is 9.90 Å². The van der Waals surface area contributed by atoms with Gasteiger partial charge in [-0.05, 0) is 12.8 Å². The second kappa shape index (κ2) is 4.61. The maximum atomic E-state index is 11.1. The van der Waals surface area contributed by atoms with Gasteiger partial charge in [-0.2, -0.15) is 5.10 Å². The third kappa shape index (κ3) is 2.30. The topological polar surface area (TPSA) is 92.9 Å². The molecule has 0 bridgehead atoms. The minimum Gasteiger partial charge on any atom is -0.481 e. The monoisotopic (exact) mass is 279 g/mol. The summed E-state index contributed by atoms with van der Waals surface area (Å²) in [5.41, 5.74) is 0.717. The fraction of sp³-hybridized carbons (Fsp3) is 0.455. The van der Waals surface area contributed by atoms with Crippen molar-refractivity contribution in [1.82, 2.24) is 19.7 Å². The van der Waals surface area contributed by atoms with Crippen LogP contribution in [0.4, 0.5) is 5.13 Å². The Morgan fingerprint density at radius 2 is 2.53 bits per heavy atom. The fourth-order valence-corrected chi connectivity index (χ4v) is 3.20. The minimum atomic E-state index is -0.790. The molecule has 0 amide bonds. The van der Waals surface area contributed by atoms with Crippen LogP contribution in [0, 0.1) is 0 Å². The van der Waals surface area contributed by atoms with Gasteiger partial charge in [-0.15, -0.1) is 11.3 Å². The number of nitrogens with zero attached hydrogens (tertiary/aromatic N) is 4. The highest BCUT2D eigenvalue weighted by atomic mass is 32.1. The van der Waals surface area contributed by atoms with Crippen molar-refractivity contribution in [2.24, 2.45) is 7.05 Å². The SMILES string of the molecule is Cn1cnc(CNc2nc3c(s2)CCC3C(=O)O)n1. The fourth-order valence-electron chi connectivity index (χ4n) is 2.16. The lowest BCUT2D eigenvalue weighted by molar-refractivity contribution is -0.138. The molecule has 1 aliphatic rings. The molecular formula is C11H13N5O2S. The molecule has 2 N–H and O–H groups in total. The van der Waals surface area contributed by atoms with Crippen molar-refractivity contribution in [3.63, 3.8) is 0 Å². The van der Waals surface area contributed by atoms with E-state index < -0.39 is 11.9 Å². The molecule has 1 unspecified atom stereocenters. The first-order chi connectivity index (χ1) is 9.13. The molecule has 8 heteroatoms. The van der Waals surface area contributed by atoms with Gasteiger partial charge in [0.1, 0.15) is 12.2 Å². The minimum absolute atomic E-state index is 0.449. The molecule has 3 rings (SSSR count). The molecule has 0 aromatic carbocycles. The van der Waals surface area contributed by atoms with E-state index in [-0.39, 0.29) is 0 Å². The van der Waals surface area contributed by atoms with E-state index in [1.165, 1.54) is 11.3 Å². The van der Waals surface area contributed by atoms with E-state index in [2.05, 4.69) is 20.4 Å². The Kier molecular flexibility index (Phi) is 2.94. The van der Waals surface area contributed by atoms with E-state index in [4.69, 9.17) is 5.11 Å². The standard InChI is InChI=1S/C11H13N5O2S/c1-16-5-13-8(15-16)4-12-11-14-9-6(10(17)18)2-3-7(9)19-11/h5-6H,2-4H2,1H3,(H,12,14)(H,17,18). The first kappa shape index (κ1) is 12.1. The second-order valence-corrected chi connectivity index (χ2v) is 5.53. The van der Waals surface area contributed by atoms with Crippen LogP contribution in [0.1, 0.15) is 28.7 Å². The number of hydrogen-bond donors (Lipinski definition) is 2. The van der Waals surface area contributed by atoms with E-state index in [9.17, 15) is 4.79 Å². The van der Waals surface area contributed by atoms with Gasteiger partial charge in [0.05, 0.1) is 12.2 Å². The van der Waals surface area contributed by atoms with Crippen molar-refractivity contribution in [3.8, 4) is 0 Å². The third-order valence-electron chi connectivity index (χ3n) is 3.06. The number of rotatable bonds is 4. The number of carboxylic acid groups (broad SMARTS) is 1. The highest BCUT2D eigenvalue weighted by Crippen LogP contribution is 2.38. The van der Waals surface area contributed by atoms with E-state index in [1.807, 2.05) is 7.05 Å². The lowest BCUT2D eigenvalue weighted by atomic mass is 10.1. The zero-order valence-electron chi connectivity index (χ0n) is 10.3. The van der Waals surface area contributed by atoms with Crippen LogP contribution in [0.3, 0.4) is 0 Å². The molecule has 100 valence electrons. The Morgan fingerprint density at radius 1 is 1.68 bits per heavy atom. The molecule has 0 spiro atoms. The average Bonchev–Trinajstić information content (AvgIpc) is 3.00. The zero-order valence-corrected chi connectivity index (χ0v) is 11.1. The molecule has 0 aliphatic heterocycles. The summed E-state index contributed by atoms with van der Waals surface area (Å²) >= 11 is 1.52. The number of aliphatic carboxylic acids is 1. The van der Waals surface area contributed by atoms with E-state index in [1.54, 1.807) is 11.0 Å². The summed E-state index contributed by atoms with van der Waals surface area (Å²) in [6, 6.07) is 0. The summed E-state index contributed by atoms with van der Waals surface area (Å²) in [4.78, 5) is 20.6. The number of hydrogen-bond acceptors (Lipinski definition) is 6. The molecular weight excluding hydrogens is 266 g/mol. The average molecular weight is 279 g/mol. The Morgan fingerprint density at radius 3 is 3.21 bits per heavy atom. The van der Waals surface area contributed by atoms with Gasteiger partial charge in [-0.3, -0.25) is 9.48 Å². The summed E-state index contributed by atoms with van der Waals surface area (Å²) in [6.45, 7) is 0.491. The Bertz CT molecular complexity index is 620. The van der Waals surface area contributed by atoms with Gasteiger partial charge in [-0.1, -0.05) is 0 Å². The first-order valence-electron chi connectivity index (χ1n) is 5.94. The molecule has 1 atom stereocenters. The molecule has 19 heavy (non-hydrogen) atoms. The van der Waals surface area contributed by atoms with Crippen LogP contribution in [-0.4, -0.2) is 30.8 Å². The number of fused-ring (bicyclic) bond motifs is 1. The largest absolute Gasteiger partial charge is 0.481 e. The molecule has 0 saturated heterocycles. The van der Waals surface area contributed by atoms with Crippen LogP contribution in [0.15, 0.2) is 6.33 Å². The zero-order chi connectivity index (χ0) is 13.4. The van der Waals surface area contributed by atoms with Crippen LogP contribution < -0.4 is 5.32 Å². The van der Waals surface area contributed by atoms with Gasteiger partial charge in [0, 0.05) is 11.9 Å². The maximum absolute atomic E-state index is 11.1. The lowest BCUT2D eigenvalue weighted by Crippen LogP contribution is -2.09. The van der Waals surface area contributed by atoms with Gasteiger partial charge < -0.3 is 10.4 Å². The Labute approximate surface area is 113 Å². The summed E-state index contributed by atoms with van der Waals surface area (Å²) in [7, 11) is 1.81. The molecule has 2 aromatic heterocycles. The van der Waals surface area contributed by atoms with Crippen molar-refractivity contribution in [2.75, 3.05) is 5.32 Å². The Balaban J connectivity index is 1.70. The predicted molar refractivity (Wildman–Crippen MR) is 69.1 cm³/mol. The Hall–Kier alpha value is -1.96.